The van der Waals surface area contributed by atoms with Crippen molar-refractivity contribution in [2.24, 2.45) is 4.99 Å². The van der Waals surface area contributed by atoms with Crippen molar-refractivity contribution < 1.29 is 23.1 Å². The van der Waals surface area contributed by atoms with Gasteiger partial charge in [0, 0.05) is 17.2 Å². The second-order valence-electron chi connectivity index (χ2n) is 4.70. The van der Waals surface area contributed by atoms with E-state index in [4.69, 9.17) is 4.74 Å². The Kier molecular flexibility index (Phi) is 3.80. The molecule has 0 saturated heterocycles. The van der Waals surface area contributed by atoms with Crippen molar-refractivity contribution in [1.82, 2.24) is 0 Å². The lowest BCUT2D eigenvalue weighted by molar-refractivity contribution is -0.130. The summed E-state index contributed by atoms with van der Waals surface area (Å²) in [5, 5.41) is 0. The molecule has 0 bridgehead atoms. The minimum absolute atomic E-state index is 0.0833. The van der Waals surface area contributed by atoms with Gasteiger partial charge in [0.1, 0.15) is 0 Å². The van der Waals surface area contributed by atoms with Crippen LogP contribution in [0, 0.1) is 11.6 Å². The molecule has 0 aromatic heterocycles. The Morgan fingerprint density at radius 2 is 1.78 bits per heavy atom. The first-order valence-electron chi connectivity index (χ1n) is 6.62. The highest BCUT2D eigenvalue weighted by atomic mass is 19.2. The fourth-order valence-electron chi connectivity index (χ4n) is 1.97. The van der Waals surface area contributed by atoms with Crippen molar-refractivity contribution in [3.05, 3.63) is 83.1 Å². The van der Waals surface area contributed by atoms with E-state index in [-0.39, 0.29) is 17.2 Å². The molecule has 0 amide bonds. The Morgan fingerprint density at radius 3 is 2.48 bits per heavy atom. The molecule has 0 unspecified atom stereocenters. The molecule has 2 aromatic carbocycles. The number of allylic oxidation sites excluding steroid dienone is 1. The van der Waals surface area contributed by atoms with Crippen LogP contribution in [0.25, 0.3) is 0 Å². The normalized spacial score (nSPS) is 15.5. The highest BCUT2D eigenvalue weighted by Gasteiger charge is 2.25. The number of ether oxygens (including phenoxy) is 1. The summed E-state index contributed by atoms with van der Waals surface area (Å²) < 4.78 is 31.0. The topological polar surface area (TPSA) is 55.7 Å². The van der Waals surface area contributed by atoms with Gasteiger partial charge in [-0.3, -0.25) is 4.79 Å². The quantitative estimate of drug-likeness (QED) is 0.497. The molecule has 0 spiro atoms. The van der Waals surface area contributed by atoms with Crippen LogP contribution in [0.3, 0.4) is 0 Å². The van der Waals surface area contributed by atoms with Crippen molar-refractivity contribution in [2.45, 2.75) is 0 Å². The molecule has 3 rings (SSSR count). The maximum atomic E-state index is 13.1. The fourth-order valence-corrected chi connectivity index (χ4v) is 1.97. The molecule has 0 radical (unpaired) electrons. The fraction of sp³-hybridized carbons (Fsp3) is 0. The number of benzene rings is 2. The number of cyclic esters (lactones) is 1. The lowest BCUT2D eigenvalue weighted by Gasteiger charge is -1.97. The number of hydrogen-bond acceptors (Lipinski definition) is 4. The molecule has 6 heteroatoms. The van der Waals surface area contributed by atoms with Crippen molar-refractivity contribution in [3.63, 3.8) is 0 Å². The average Bonchev–Trinajstić information content (AvgIpc) is 2.92. The first kappa shape index (κ1) is 14.8. The van der Waals surface area contributed by atoms with Gasteiger partial charge in [0.25, 0.3) is 0 Å². The number of carbonyl (C=O) groups is 2. The Balaban J connectivity index is 1.89. The molecule has 1 heterocycles. The van der Waals surface area contributed by atoms with Crippen LogP contribution in [0.1, 0.15) is 15.9 Å². The number of halogens is 2. The van der Waals surface area contributed by atoms with Crippen LogP contribution in [-0.4, -0.2) is 17.7 Å². The monoisotopic (exact) mass is 313 g/mol. The number of ketones is 1. The first-order valence-corrected chi connectivity index (χ1v) is 6.62. The van der Waals surface area contributed by atoms with Crippen molar-refractivity contribution >= 4 is 17.7 Å². The molecule has 114 valence electrons. The summed E-state index contributed by atoms with van der Waals surface area (Å²) in [6.45, 7) is 0. The maximum absolute atomic E-state index is 13.1. The van der Waals surface area contributed by atoms with Gasteiger partial charge in [-0.15, -0.1) is 0 Å². The van der Waals surface area contributed by atoms with E-state index in [1.807, 2.05) is 0 Å². The van der Waals surface area contributed by atoms with Gasteiger partial charge in [-0.1, -0.05) is 18.2 Å². The highest BCUT2D eigenvalue weighted by Crippen LogP contribution is 2.17. The molecule has 0 N–H and O–H groups in total. The summed E-state index contributed by atoms with van der Waals surface area (Å²) >= 11 is 0. The summed E-state index contributed by atoms with van der Waals surface area (Å²) in [5.41, 5.74) is 0.302. The van der Waals surface area contributed by atoms with Gasteiger partial charge >= 0.3 is 5.97 Å². The van der Waals surface area contributed by atoms with Crippen LogP contribution in [0.15, 0.2) is 65.3 Å². The summed E-state index contributed by atoms with van der Waals surface area (Å²) in [6, 6.07) is 11.4. The van der Waals surface area contributed by atoms with Crippen LogP contribution in [0.2, 0.25) is 0 Å². The molecule has 0 aliphatic carbocycles. The van der Waals surface area contributed by atoms with E-state index in [0.717, 1.165) is 24.3 Å². The summed E-state index contributed by atoms with van der Waals surface area (Å²) in [6.07, 6.45) is 0.935. The van der Waals surface area contributed by atoms with Crippen molar-refractivity contribution in [2.75, 3.05) is 0 Å². The average molecular weight is 313 g/mol. The molecule has 23 heavy (non-hydrogen) atoms. The molecule has 0 saturated carbocycles. The Hall–Kier alpha value is -3.15. The van der Waals surface area contributed by atoms with Gasteiger partial charge < -0.3 is 4.74 Å². The van der Waals surface area contributed by atoms with Crippen LogP contribution in [-0.2, 0) is 9.53 Å². The number of esters is 1. The molecular weight excluding hydrogens is 304 g/mol. The van der Waals surface area contributed by atoms with Crippen LogP contribution in [0.4, 0.5) is 8.78 Å². The van der Waals surface area contributed by atoms with Gasteiger partial charge in [-0.25, -0.2) is 18.6 Å². The number of carbonyl (C=O) groups excluding carboxylic acids is 2. The van der Waals surface area contributed by atoms with Crippen LogP contribution >= 0.6 is 0 Å². The predicted molar refractivity (Wildman–Crippen MR) is 77.8 cm³/mol. The van der Waals surface area contributed by atoms with Gasteiger partial charge in [-0.05, 0) is 30.3 Å². The number of hydrogen-bond donors (Lipinski definition) is 0. The predicted octanol–water partition coefficient (Wildman–Crippen LogP) is 3.04. The zero-order valence-electron chi connectivity index (χ0n) is 11.6. The Morgan fingerprint density at radius 1 is 1.04 bits per heavy atom. The molecule has 2 aromatic rings. The van der Waals surface area contributed by atoms with Crippen LogP contribution < -0.4 is 0 Å². The number of aliphatic imine (C=N–C) groups is 1. The third-order valence-electron chi connectivity index (χ3n) is 3.11. The Labute approximate surface area is 129 Å². The SMILES string of the molecule is O=C1OC(c2ccccc2)=NC1=CC(=O)c1ccc(F)c(F)c1. The van der Waals surface area contributed by atoms with E-state index in [1.165, 1.54) is 0 Å². The second-order valence-corrected chi connectivity index (χ2v) is 4.70. The second kappa shape index (κ2) is 5.92. The standard InChI is InChI=1S/C17H9F2NO3/c18-12-7-6-11(8-13(12)19)15(21)9-14-17(22)23-16(20-14)10-4-2-1-3-5-10/h1-9H. The van der Waals surface area contributed by atoms with E-state index in [2.05, 4.69) is 4.99 Å². The largest absolute Gasteiger partial charge is 0.402 e. The summed E-state index contributed by atoms with van der Waals surface area (Å²) in [5.74, 6) is -3.57. The van der Waals surface area contributed by atoms with Gasteiger partial charge in [-0.2, -0.15) is 0 Å². The van der Waals surface area contributed by atoms with Gasteiger partial charge in [0.05, 0.1) is 0 Å². The molecule has 4 nitrogen and oxygen atoms in total. The lowest BCUT2D eigenvalue weighted by Crippen LogP contribution is -2.06. The van der Waals surface area contributed by atoms with Crippen LogP contribution in [0.5, 0.6) is 0 Å². The van der Waals surface area contributed by atoms with E-state index in [9.17, 15) is 18.4 Å². The Bertz CT molecular complexity index is 857. The van der Waals surface area contributed by atoms with E-state index in [0.29, 0.717) is 5.56 Å². The van der Waals surface area contributed by atoms with Crippen molar-refractivity contribution in [3.8, 4) is 0 Å². The number of nitrogens with zero attached hydrogens (tertiary/aromatic N) is 1. The van der Waals surface area contributed by atoms with Gasteiger partial charge in [0.15, 0.2) is 23.1 Å². The molecule has 1 aliphatic heterocycles. The lowest BCUT2D eigenvalue weighted by atomic mass is 10.1. The minimum atomic E-state index is -1.14. The highest BCUT2D eigenvalue weighted by molar-refractivity contribution is 6.15. The van der Waals surface area contributed by atoms with Gasteiger partial charge in [0.2, 0.25) is 5.90 Å². The first-order chi connectivity index (χ1) is 11.0. The third kappa shape index (κ3) is 3.06. The molecular formula is C17H9F2NO3. The van der Waals surface area contributed by atoms with Crippen molar-refractivity contribution in [1.29, 1.82) is 0 Å². The summed E-state index contributed by atoms with van der Waals surface area (Å²) in [4.78, 5) is 27.7. The molecule has 0 atom stereocenters. The minimum Gasteiger partial charge on any atom is -0.402 e. The van der Waals surface area contributed by atoms with E-state index < -0.39 is 23.4 Å². The zero-order valence-corrected chi connectivity index (χ0v) is 11.6. The smallest absolute Gasteiger partial charge is 0.363 e. The van der Waals surface area contributed by atoms with E-state index >= 15 is 0 Å². The molecule has 1 aliphatic rings. The summed E-state index contributed by atoms with van der Waals surface area (Å²) in [7, 11) is 0. The van der Waals surface area contributed by atoms with E-state index in [1.54, 1.807) is 30.3 Å². The number of rotatable bonds is 3. The molecule has 0 fully saturated rings. The third-order valence-corrected chi connectivity index (χ3v) is 3.11. The zero-order chi connectivity index (χ0) is 16.4. The maximum Gasteiger partial charge on any atom is 0.363 e.